The molecule has 0 radical (unpaired) electrons. The Morgan fingerprint density at radius 1 is 1.20 bits per heavy atom. The van der Waals surface area contributed by atoms with Crippen LogP contribution in [0, 0.1) is 0 Å². The quantitative estimate of drug-likeness (QED) is 0.780. The fourth-order valence-corrected chi connectivity index (χ4v) is 6.66. The molecule has 2 aromatic rings. The molecule has 4 rings (SSSR count). The first-order valence-corrected chi connectivity index (χ1v) is 12.0. The number of aromatic amines is 1. The Labute approximate surface area is 177 Å². The van der Waals surface area contributed by atoms with Crippen molar-refractivity contribution in [2.24, 2.45) is 0 Å². The Morgan fingerprint density at radius 3 is 2.63 bits per heavy atom. The van der Waals surface area contributed by atoms with Gasteiger partial charge in [-0.15, -0.1) is 0 Å². The highest BCUT2D eigenvalue weighted by Crippen LogP contribution is 2.41. The molecule has 164 valence electrons. The van der Waals surface area contributed by atoms with Crippen LogP contribution in [0.15, 0.2) is 29.4 Å². The summed E-state index contributed by atoms with van der Waals surface area (Å²) in [5, 5.41) is 0.595. The Balaban J connectivity index is 1.68. The predicted molar refractivity (Wildman–Crippen MR) is 114 cm³/mol. The van der Waals surface area contributed by atoms with Crippen molar-refractivity contribution in [3.05, 3.63) is 24.5 Å². The first-order valence-electron chi connectivity index (χ1n) is 10.6. The van der Waals surface area contributed by atoms with E-state index in [0.717, 1.165) is 32.1 Å². The molecule has 0 aromatic carbocycles. The van der Waals surface area contributed by atoms with Crippen molar-refractivity contribution >= 4 is 27.1 Å². The Hall–Kier alpha value is -2.13. The number of nitrogens with one attached hydrogen (secondary N) is 1. The van der Waals surface area contributed by atoms with E-state index in [1.807, 2.05) is 20.8 Å². The summed E-state index contributed by atoms with van der Waals surface area (Å²) >= 11 is 0. The summed E-state index contributed by atoms with van der Waals surface area (Å²) in [5.41, 5.74) is -0.629. The lowest BCUT2D eigenvalue weighted by Gasteiger charge is -2.51. The fourth-order valence-electron chi connectivity index (χ4n) is 4.70. The number of aromatic nitrogens is 2. The van der Waals surface area contributed by atoms with Gasteiger partial charge < -0.3 is 14.6 Å². The van der Waals surface area contributed by atoms with Crippen LogP contribution in [0.5, 0.6) is 0 Å². The predicted octanol–water partition coefficient (Wildman–Crippen LogP) is 3.51. The summed E-state index contributed by atoms with van der Waals surface area (Å²) in [7, 11) is -3.75. The largest absolute Gasteiger partial charge is 0.444 e. The molecule has 0 bridgehead atoms. The molecule has 2 aromatic heterocycles. The van der Waals surface area contributed by atoms with Crippen LogP contribution in [-0.4, -0.2) is 64.5 Å². The van der Waals surface area contributed by atoms with Crippen molar-refractivity contribution in [3.63, 3.8) is 0 Å². The highest BCUT2D eigenvalue weighted by atomic mass is 32.2. The van der Waals surface area contributed by atoms with Gasteiger partial charge in [-0.05, 0) is 45.7 Å². The Kier molecular flexibility index (Phi) is 5.30. The maximum Gasteiger partial charge on any atom is 0.410 e. The summed E-state index contributed by atoms with van der Waals surface area (Å²) in [6.45, 7) is 6.46. The van der Waals surface area contributed by atoms with Gasteiger partial charge in [-0.25, -0.2) is 18.2 Å². The second-order valence-corrected chi connectivity index (χ2v) is 11.1. The number of sulfonamides is 1. The molecule has 1 spiro atoms. The summed E-state index contributed by atoms with van der Waals surface area (Å²) in [6, 6.07) is 3.52. The van der Waals surface area contributed by atoms with Crippen molar-refractivity contribution in [1.29, 1.82) is 0 Å². The molecule has 9 heteroatoms. The second kappa shape index (κ2) is 7.53. The third-order valence-electron chi connectivity index (χ3n) is 6.00. The van der Waals surface area contributed by atoms with Gasteiger partial charge in [0, 0.05) is 37.4 Å². The van der Waals surface area contributed by atoms with Crippen LogP contribution in [0.1, 0.15) is 52.9 Å². The summed E-state index contributed by atoms with van der Waals surface area (Å²) in [5.74, 6) is 0. The zero-order valence-corrected chi connectivity index (χ0v) is 18.7. The number of pyridine rings is 1. The van der Waals surface area contributed by atoms with Gasteiger partial charge in [0.1, 0.15) is 16.1 Å². The standard InChI is InChI=1S/C21H30N4O4S/c1-20(2,3)29-19(26)24-12-13-25(21(15-24)9-5-4-6-10-21)30(27,28)17-14-23-18-16(17)8-7-11-22-18/h7-8,11,14H,4-6,9-10,12-13,15H2,1-3H3,(H,22,23). The fraction of sp³-hybridized carbons (Fsp3) is 0.619. The molecule has 1 N–H and O–H groups in total. The molecule has 2 aliphatic rings. The van der Waals surface area contributed by atoms with Crippen LogP contribution in [-0.2, 0) is 14.8 Å². The van der Waals surface area contributed by atoms with Crippen LogP contribution in [0.3, 0.4) is 0 Å². The number of carbonyl (C=O) groups is 1. The number of hydrogen-bond donors (Lipinski definition) is 1. The number of ether oxygens (including phenoxy) is 1. The zero-order chi connectivity index (χ0) is 21.6. The van der Waals surface area contributed by atoms with Crippen LogP contribution in [0.4, 0.5) is 4.79 Å². The van der Waals surface area contributed by atoms with E-state index in [0.29, 0.717) is 24.1 Å². The van der Waals surface area contributed by atoms with Crippen molar-refractivity contribution in [2.75, 3.05) is 19.6 Å². The molecule has 1 saturated carbocycles. The average Bonchev–Trinajstić information content (AvgIpc) is 3.12. The van der Waals surface area contributed by atoms with Gasteiger partial charge in [-0.3, -0.25) is 0 Å². The molecule has 1 amide bonds. The first-order chi connectivity index (χ1) is 14.1. The number of fused-ring (bicyclic) bond motifs is 1. The average molecular weight is 435 g/mol. The van der Waals surface area contributed by atoms with Gasteiger partial charge in [0.05, 0.1) is 5.54 Å². The number of hydrogen-bond acceptors (Lipinski definition) is 5. The van der Waals surface area contributed by atoms with E-state index < -0.39 is 21.2 Å². The SMILES string of the molecule is CC(C)(C)OC(=O)N1CCN(S(=O)(=O)c2c[nH]c3ncccc23)C2(CCCCC2)C1. The Bertz CT molecular complexity index is 1030. The molecule has 2 fully saturated rings. The van der Waals surface area contributed by atoms with Crippen molar-refractivity contribution in [3.8, 4) is 0 Å². The monoisotopic (exact) mass is 434 g/mol. The van der Waals surface area contributed by atoms with Gasteiger partial charge in [-0.1, -0.05) is 19.3 Å². The molecule has 8 nitrogen and oxygen atoms in total. The van der Waals surface area contributed by atoms with Crippen LogP contribution in [0.2, 0.25) is 0 Å². The van der Waals surface area contributed by atoms with Gasteiger partial charge in [-0.2, -0.15) is 4.31 Å². The highest BCUT2D eigenvalue weighted by Gasteiger charge is 2.50. The van der Waals surface area contributed by atoms with Gasteiger partial charge in [0.25, 0.3) is 0 Å². The van der Waals surface area contributed by atoms with Crippen molar-refractivity contribution in [2.45, 2.75) is 68.9 Å². The maximum atomic E-state index is 13.8. The third kappa shape index (κ3) is 3.80. The van der Waals surface area contributed by atoms with Crippen LogP contribution >= 0.6 is 0 Å². The minimum atomic E-state index is -3.75. The van der Waals surface area contributed by atoms with E-state index in [-0.39, 0.29) is 17.5 Å². The molecule has 1 saturated heterocycles. The minimum absolute atomic E-state index is 0.251. The van der Waals surface area contributed by atoms with E-state index in [2.05, 4.69) is 9.97 Å². The molecule has 3 heterocycles. The van der Waals surface area contributed by atoms with E-state index in [9.17, 15) is 13.2 Å². The van der Waals surface area contributed by atoms with Gasteiger partial charge in [0.15, 0.2) is 0 Å². The Morgan fingerprint density at radius 2 is 1.93 bits per heavy atom. The van der Waals surface area contributed by atoms with E-state index in [1.165, 1.54) is 6.20 Å². The number of carbonyl (C=O) groups excluding carboxylic acids is 1. The maximum absolute atomic E-state index is 13.8. The van der Waals surface area contributed by atoms with E-state index in [1.54, 1.807) is 27.5 Å². The van der Waals surface area contributed by atoms with E-state index >= 15 is 0 Å². The molecule has 1 aliphatic carbocycles. The number of rotatable bonds is 2. The lowest BCUT2D eigenvalue weighted by Crippen LogP contribution is -2.65. The van der Waals surface area contributed by atoms with Crippen LogP contribution in [0.25, 0.3) is 11.0 Å². The molecule has 1 aliphatic heterocycles. The zero-order valence-electron chi connectivity index (χ0n) is 17.8. The molecule has 0 unspecified atom stereocenters. The molecule has 30 heavy (non-hydrogen) atoms. The van der Waals surface area contributed by atoms with Crippen molar-refractivity contribution in [1.82, 2.24) is 19.2 Å². The molecular formula is C21H30N4O4S. The molecular weight excluding hydrogens is 404 g/mol. The van der Waals surface area contributed by atoms with E-state index in [4.69, 9.17) is 4.74 Å². The number of amides is 1. The summed E-state index contributed by atoms with van der Waals surface area (Å²) in [4.78, 5) is 21.9. The first kappa shape index (κ1) is 21.1. The highest BCUT2D eigenvalue weighted by molar-refractivity contribution is 7.89. The molecule has 0 atom stereocenters. The van der Waals surface area contributed by atoms with Gasteiger partial charge >= 0.3 is 6.09 Å². The van der Waals surface area contributed by atoms with Gasteiger partial charge in [0.2, 0.25) is 10.0 Å². The third-order valence-corrected chi connectivity index (χ3v) is 8.05. The van der Waals surface area contributed by atoms with Crippen LogP contribution < -0.4 is 0 Å². The number of H-pyrrole nitrogens is 1. The number of piperazine rings is 1. The topological polar surface area (TPSA) is 95.6 Å². The lowest BCUT2D eigenvalue weighted by atomic mass is 9.80. The number of nitrogens with zero attached hydrogens (tertiary/aromatic N) is 3. The summed E-state index contributed by atoms with van der Waals surface area (Å²) in [6.07, 6.45) is 7.26. The summed E-state index contributed by atoms with van der Waals surface area (Å²) < 4.78 is 34.8. The normalized spacial score (nSPS) is 20.6. The van der Waals surface area contributed by atoms with Crippen molar-refractivity contribution < 1.29 is 17.9 Å². The smallest absolute Gasteiger partial charge is 0.410 e. The minimum Gasteiger partial charge on any atom is -0.444 e. The second-order valence-electron chi connectivity index (χ2n) is 9.32. The lowest BCUT2D eigenvalue weighted by molar-refractivity contribution is -0.0113.